The third-order valence-corrected chi connectivity index (χ3v) is 4.17. The number of aromatic nitrogens is 2. The van der Waals surface area contributed by atoms with E-state index < -0.39 is 0 Å². The Morgan fingerprint density at radius 2 is 2.04 bits per heavy atom. The van der Waals surface area contributed by atoms with Gasteiger partial charge in [-0.25, -0.2) is 4.98 Å². The summed E-state index contributed by atoms with van der Waals surface area (Å²) in [7, 11) is 0. The van der Waals surface area contributed by atoms with E-state index in [0.717, 1.165) is 34.2 Å². The van der Waals surface area contributed by atoms with Crippen LogP contribution in [-0.4, -0.2) is 15.1 Å². The Bertz CT molecular complexity index is 902. The van der Waals surface area contributed by atoms with Gasteiger partial charge < -0.3 is 19.8 Å². The molecule has 6 heteroatoms. The molecule has 0 bridgehead atoms. The number of pyridine rings is 1. The number of nitrogens with one attached hydrogen (secondary N) is 2. The number of aliphatic hydroxyl groups excluding tert-OH is 1. The normalized spacial score (nSPS) is 11.2. The van der Waals surface area contributed by atoms with Crippen LogP contribution in [0, 0.1) is 13.8 Å². The number of hydrogen-bond acceptors (Lipinski definition) is 5. The second kappa shape index (κ2) is 6.49. The Kier molecular flexibility index (Phi) is 4.40. The predicted octanol–water partition coefficient (Wildman–Crippen LogP) is 2.80. The van der Waals surface area contributed by atoms with Gasteiger partial charge in [-0.2, -0.15) is 0 Å². The average molecular weight is 327 g/mol. The van der Waals surface area contributed by atoms with E-state index in [9.17, 15) is 9.90 Å². The minimum Gasteiger partial charge on any atom is -0.438 e. The summed E-state index contributed by atoms with van der Waals surface area (Å²) in [6, 6.07) is 5.79. The van der Waals surface area contributed by atoms with Crippen molar-refractivity contribution in [3.8, 4) is 0 Å². The molecule has 0 fully saturated rings. The van der Waals surface area contributed by atoms with Crippen molar-refractivity contribution in [2.24, 2.45) is 0 Å². The molecule has 3 aromatic rings. The molecule has 0 radical (unpaired) electrons. The summed E-state index contributed by atoms with van der Waals surface area (Å²) in [5.74, 6) is 0.533. The van der Waals surface area contributed by atoms with Crippen molar-refractivity contribution in [1.82, 2.24) is 9.97 Å². The second-order valence-corrected chi connectivity index (χ2v) is 5.87. The highest BCUT2D eigenvalue weighted by Crippen LogP contribution is 2.23. The summed E-state index contributed by atoms with van der Waals surface area (Å²) >= 11 is 0. The number of aliphatic hydroxyl groups is 1. The van der Waals surface area contributed by atoms with Crippen LogP contribution >= 0.6 is 0 Å². The zero-order chi connectivity index (χ0) is 17.3. The molecule has 2 heterocycles. The standard InChI is InChI=1S/C18H21N3O3/c1-4-12-7-13(18(23)20-14(12)9-22)19-8-15-21-16-10(2)5-6-11(3)17(16)24-15/h5-7,19,22H,4,8-9H2,1-3H3,(H,20,23). The Balaban J connectivity index is 1.87. The van der Waals surface area contributed by atoms with Crippen LogP contribution in [0.5, 0.6) is 0 Å². The molecule has 0 unspecified atom stereocenters. The van der Waals surface area contributed by atoms with Gasteiger partial charge in [0.25, 0.3) is 5.56 Å². The molecule has 0 saturated heterocycles. The van der Waals surface area contributed by atoms with Crippen LogP contribution in [0.1, 0.15) is 35.2 Å². The lowest BCUT2D eigenvalue weighted by Gasteiger charge is -2.09. The summed E-state index contributed by atoms with van der Waals surface area (Å²) in [6.07, 6.45) is 0.725. The third-order valence-electron chi connectivity index (χ3n) is 4.17. The van der Waals surface area contributed by atoms with Crippen molar-refractivity contribution < 1.29 is 9.52 Å². The summed E-state index contributed by atoms with van der Waals surface area (Å²) in [6.45, 7) is 6.09. The highest BCUT2D eigenvalue weighted by Gasteiger charge is 2.12. The van der Waals surface area contributed by atoms with E-state index in [4.69, 9.17) is 4.42 Å². The lowest BCUT2D eigenvalue weighted by molar-refractivity contribution is 0.275. The first kappa shape index (κ1) is 16.3. The monoisotopic (exact) mass is 327 g/mol. The Hall–Kier alpha value is -2.60. The van der Waals surface area contributed by atoms with Gasteiger partial charge in [0.05, 0.1) is 13.2 Å². The molecule has 0 aliphatic rings. The number of rotatable bonds is 5. The minimum atomic E-state index is -0.264. The van der Waals surface area contributed by atoms with Crippen LogP contribution < -0.4 is 10.9 Å². The second-order valence-electron chi connectivity index (χ2n) is 5.87. The molecule has 0 aliphatic carbocycles. The van der Waals surface area contributed by atoms with E-state index in [1.165, 1.54) is 0 Å². The number of aromatic amines is 1. The zero-order valence-electron chi connectivity index (χ0n) is 14.1. The fourth-order valence-electron chi connectivity index (χ4n) is 2.75. The number of hydrogen-bond donors (Lipinski definition) is 3. The average Bonchev–Trinajstić information content (AvgIpc) is 3.02. The molecule has 0 spiro atoms. The Labute approximate surface area is 139 Å². The van der Waals surface area contributed by atoms with E-state index in [-0.39, 0.29) is 12.2 Å². The molecule has 2 aromatic heterocycles. The zero-order valence-corrected chi connectivity index (χ0v) is 14.1. The van der Waals surface area contributed by atoms with E-state index in [0.29, 0.717) is 23.8 Å². The lowest BCUT2D eigenvalue weighted by atomic mass is 10.1. The largest absolute Gasteiger partial charge is 0.438 e. The maximum absolute atomic E-state index is 12.1. The van der Waals surface area contributed by atoms with Crippen LogP contribution in [0.4, 0.5) is 5.69 Å². The van der Waals surface area contributed by atoms with Gasteiger partial charge in [-0.15, -0.1) is 0 Å². The molecule has 0 aliphatic heterocycles. The topological polar surface area (TPSA) is 91.2 Å². The number of benzene rings is 1. The summed E-state index contributed by atoms with van der Waals surface area (Å²) in [5, 5.41) is 12.4. The number of oxazole rings is 1. The molecule has 6 nitrogen and oxygen atoms in total. The SMILES string of the molecule is CCc1cc(NCc2nc3c(C)ccc(C)c3o2)c(=O)[nH]c1CO. The lowest BCUT2D eigenvalue weighted by Crippen LogP contribution is -2.17. The van der Waals surface area contributed by atoms with Crippen molar-refractivity contribution in [2.45, 2.75) is 40.3 Å². The highest BCUT2D eigenvalue weighted by molar-refractivity contribution is 5.79. The van der Waals surface area contributed by atoms with Gasteiger partial charge in [-0.1, -0.05) is 19.1 Å². The van der Waals surface area contributed by atoms with Crippen LogP contribution in [0.3, 0.4) is 0 Å². The first-order chi connectivity index (χ1) is 11.5. The molecular weight excluding hydrogens is 306 g/mol. The molecule has 1 aromatic carbocycles. The smallest absolute Gasteiger partial charge is 0.271 e. The van der Waals surface area contributed by atoms with Crippen molar-refractivity contribution in [3.05, 3.63) is 56.8 Å². The maximum Gasteiger partial charge on any atom is 0.271 e. The quantitative estimate of drug-likeness (QED) is 0.670. The third kappa shape index (κ3) is 2.92. The van der Waals surface area contributed by atoms with Crippen molar-refractivity contribution in [1.29, 1.82) is 0 Å². The van der Waals surface area contributed by atoms with Crippen LogP contribution in [0.15, 0.2) is 27.4 Å². The molecule has 0 atom stereocenters. The molecular formula is C18H21N3O3. The molecule has 0 amide bonds. The fourth-order valence-corrected chi connectivity index (χ4v) is 2.75. The number of fused-ring (bicyclic) bond motifs is 1. The van der Waals surface area contributed by atoms with Gasteiger partial charge in [0.1, 0.15) is 11.2 Å². The summed E-state index contributed by atoms with van der Waals surface area (Å²) in [4.78, 5) is 19.3. The van der Waals surface area contributed by atoms with E-state index >= 15 is 0 Å². The maximum atomic E-state index is 12.1. The summed E-state index contributed by atoms with van der Waals surface area (Å²) in [5.41, 5.74) is 5.37. The van der Waals surface area contributed by atoms with Gasteiger partial charge in [0.15, 0.2) is 5.58 Å². The molecule has 24 heavy (non-hydrogen) atoms. The molecule has 126 valence electrons. The van der Waals surface area contributed by atoms with E-state index in [1.807, 2.05) is 32.9 Å². The van der Waals surface area contributed by atoms with Crippen molar-refractivity contribution in [2.75, 3.05) is 5.32 Å². The number of H-pyrrole nitrogens is 1. The predicted molar refractivity (Wildman–Crippen MR) is 93.2 cm³/mol. The van der Waals surface area contributed by atoms with Crippen LogP contribution in [0.2, 0.25) is 0 Å². The van der Waals surface area contributed by atoms with Crippen LogP contribution in [0.25, 0.3) is 11.1 Å². The van der Waals surface area contributed by atoms with Gasteiger partial charge >= 0.3 is 0 Å². The molecule has 3 N–H and O–H groups in total. The van der Waals surface area contributed by atoms with Gasteiger partial charge in [0.2, 0.25) is 5.89 Å². The summed E-state index contributed by atoms with van der Waals surface area (Å²) < 4.78 is 5.82. The Morgan fingerprint density at radius 1 is 1.29 bits per heavy atom. The highest BCUT2D eigenvalue weighted by atomic mass is 16.3. The van der Waals surface area contributed by atoms with E-state index in [2.05, 4.69) is 15.3 Å². The van der Waals surface area contributed by atoms with Gasteiger partial charge in [0, 0.05) is 5.69 Å². The number of anilines is 1. The first-order valence-corrected chi connectivity index (χ1v) is 7.99. The number of aryl methyl sites for hydroxylation is 3. The number of nitrogens with zero attached hydrogens (tertiary/aromatic N) is 1. The molecule has 0 saturated carbocycles. The van der Waals surface area contributed by atoms with Gasteiger partial charge in [-0.3, -0.25) is 4.79 Å². The minimum absolute atomic E-state index is 0.178. The first-order valence-electron chi connectivity index (χ1n) is 7.99. The van der Waals surface area contributed by atoms with Crippen LogP contribution in [-0.2, 0) is 19.6 Å². The van der Waals surface area contributed by atoms with Gasteiger partial charge in [-0.05, 0) is 43.0 Å². The van der Waals surface area contributed by atoms with E-state index in [1.54, 1.807) is 6.07 Å². The van der Waals surface area contributed by atoms with Crippen molar-refractivity contribution >= 4 is 16.8 Å². The Morgan fingerprint density at radius 3 is 2.71 bits per heavy atom. The van der Waals surface area contributed by atoms with Crippen molar-refractivity contribution in [3.63, 3.8) is 0 Å². The fraction of sp³-hybridized carbons (Fsp3) is 0.333. The molecule has 3 rings (SSSR count).